The Morgan fingerprint density at radius 3 is 2.76 bits per heavy atom. The van der Waals surface area contributed by atoms with Crippen molar-refractivity contribution in [3.05, 3.63) is 77.9 Å². The molecule has 0 fully saturated rings. The highest BCUT2D eigenvalue weighted by Gasteiger charge is 2.23. The van der Waals surface area contributed by atoms with E-state index in [1.165, 1.54) is 12.1 Å². The van der Waals surface area contributed by atoms with Crippen LogP contribution in [0.3, 0.4) is 0 Å². The summed E-state index contributed by atoms with van der Waals surface area (Å²) < 4.78 is 13.3. The molecular weight excluding hydrogens is 263 g/mol. The van der Waals surface area contributed by atoms with Gasteiger partial charge in [0, 0.05) is 23.3 Å². The van der Waals surface area contributed by atoms with Crippen LogP contribution in [-0.4, -0.2) is 4.98 Å². The maximum atomic E-state index is 13.3. The van der Waals surface area contributed by atoms with Crippen LogP contribution < -0.4 is 5.73 Å². The Morgan fingerprint density at radius 1 is 1.14 bits per heavy atom. The molecule has 1 unspecified atom stereocenters. The van der Waals surface area contributed by atoms with Crippen LogP contribution in [0.4, 0.5) is 4.39 Å². The van der Waals surface area contributed by atoms with Crippen LogP contribution in [0.1, 0.15) is 18.1 Å². The number of aromatic nitrogens is 1. The van der Waals surface area contributed by atoms with Crippen LogP contribution in [0, 0.1) is 5.82 Å². The summed E-state index contributed by atoms with van der Waals surface area (Å²) in [5.74, 6) is -0.231. The standard InChI is InChI=1S/C18H17FN2/c1-18(20,11-13-4-2-6-15(19)10-13)17-7-3-5-14-12-21-9-8-16(14)17/h2-10,12H,11,20H2,1H3. The molecule has 1 heterocycles. The van der Waals surface area contributed by atoms with Crippen LogP contribution in [-0.2, 0) is 12.0 Å². The molecule has 3 heteroatoms. The third-order valence-corrected chi connectivity index (χ3v) is 3.76. The van der Waals surface area contributed by atoms with E-state index < -0.39 is 5.54 Å². The zero-order valence-electron chi connectivity index (χ0n) is 11.9. The Labute approximate surface area is 123 Å². The van der Waals surface area contributed by atoms with Crippen molar-refractivity contribution in [1.82, 2.24) is 4.98 Å². The molecule has 0 saturated heterocycles. The Hall–Kier alpha value is -2.26. The first-order valence-electron chi connectivity index (χ1n) is 6.93. The summed E-state index contributed by atoms with van der Waals surface area (Å²) in [7, 11) is 0. The minimum absolute atomic E-state index is 0.231. The van der Waals surface area contributed by atoms with Gasteiger partial charge in [0.15, 0.2) is 0 Å². The molecule has 21 heavy (non-hydrogen) atoms. The number of nitrogens with zero attached hydrogens (tertiary/aromatic N) is 1. The van der Waals surface area contributed by atoms with Crippen LogP contribution in [0.5, 0.6) is 0 Å². The average Bonchev–Trinajstić information content (AvgIpc) is 2.46. The normalized spacial score (nSPS) is 14.0. The highest BCUT2D eigenvalue weighted by molar-refractivity contribution is 5.85. The topological polar surface area (TPSA) is 38.9 Å². The van der Waals surface area contributed by atoms with Gasteiger partial charge in [-0.15, -0.1) is 0 Å². The fraction of sp³-hybridized carbons (Fsp3) is 0.167. The molecule has 0 radical (unpaired) electrons. The summed E-state index contributed by atoms with van der Waals surface area (Å²) in [5.41, 5.74) is 7.91. The van der Waals surface area contributed by atoms with E-state index in [0.29, 0.717) is 6.42 Å². The van der Waals surface area contributed by atoms with E-state index in [9.17, 15) is 4.39 Å². The molecule has 1 atom stereocenters. The maximum absolute atomic E-state index is 13.3. The molecule has 2 N–H and O–H groups in total. The number of rotatable bonds is 3. The first-order valence-corrected chi connectivity index (χ1v) is 6.93. The number of halogens is 1. The molecule has 0 saturated carbocycles. The first kappa shape index (κ1) is 13.7. The highest BCUT2D eigenvalue weighted by atomic mass is 19.1. The number of benzene rings is 2. The van der Waals surface area contributed by atoms with E-state index in [0.717, 1.165) is 21.9 Å². The van der Waals surface area contributed by atoms with E-state index in [1.54, 1.807) is 12.3 Å². The maximum Gasteiger partial charge on any atom is 0.123 e. The van der Waals surface area contributed by atoms with Crippen molar-refractivity contribution >= 4 is 10.8 Å². The van der Waals surface area contributed by atoms with Crippen LogP contribution >= 0.6 is 0 Å². The third-order valence-electron chi connectivity index (χ3n) is 3.76. The second kappa shape index (κ2) is 5.26. The molecule has 0 amide bonds. The summed E-state index contributed by atoms with van der Waals surface area (Å²) in [5, 5.41) is 2.15. The first-order chi connectivity index (χ1) is 10.1. The van der Waals surface area contributed by atoms with Gasteiger partial charge in [0.05, 0.1) is 0 Å². The predicted molar refractivity (Wildman–Crippen MR) is 83.4 cm³/mol. The number of nitrogens with two attached hydrogens (primary N) is 1. The Morgan fingerprint density at radius 2 is 1.95 bits per heavy atom. The predicted octanol–water partition coefficient (Wildman–Crippen LogP) is 3.79. The number of hydrogen-bond donors (Lipinski definition) is 1. The summed E-state index contributed by atoms with van der Waals surface area (Å²) in [4.78, 5) is 4.14. The van der Waals surface area contributed by atoms with E-state index >= 15 is 0 Å². The average molecular weight is 280 g/mol. The second-order valence-electron chi connectivity index (χ2n) is 5.63. The van der Waals surface area contributed by atoms with E-state index in [1.807, 2.05) is 43.5 Å². The lowest BCUT2D eigenvalue weighted by molar-refractivity contribution is 0.494. The van der Waals surface area contributed by atoms with Crippen LogP contribution in [0.15, 0.2) is 60.9 Å². The van der Waals surface area contributed by atoms with E-state index in [-0.39, 0.29) is 5.82 Å². The van der Waals surface area contributed by atoms with Crippen molar-refractivity contribution in [2.24, 2.45) is 5.73 Å². The largest absolute Gasteiger partial charge is 0.321 e. The Balaban J connectivity index is 2.04. The molecule has 3 rings (SSSR count). The fourth-order valence-electron chi connectivity index (χ4n) is 2.79. The summed E-state index contributed by atoms with van der Waals surface area (Å²) in [6, 6.07) is 14.6. The number of fused-ring (bicyclic) bond motifs is 1. The van der Waals surface area contributed by atoms with Crippen molar-refractivity contribution in [2.75, 3.05) is 0 Å². The summed E-state index contributed by atoms with van der Waals surface area (Å²) in [6.45, 7) is 1.98. The fourth-order valence-corrected chi connectivity index (χ4v) is 2.79. The van der Waals surface area contributed by atoms with Gasteiger partial charge in [-0.25, -0.2) is 4.39 Å². The summed E-state index contributed by atoms with van der Waals surface area (Å²) in [6.07, 6.45) is 4.17. The minimum Gasteiger partial charge on any atom is -0.321 e. The number of hydrogen-bond acceptors (Lipinski definition) is 2. The zero-order chi connectivity index (χ0) is 14.9. The van der Waals surface area contributed by atoms with Gasteiger partial charge in [0.2, 0.25) is 0 Å². The molecule has 106 valence electrons. The van der Waals surface area contributed by atoms with Crippen molar-refractivity contribution < 1.29 is 4.39 Å². The van der Waals surface area contributed by atoms with E-state index in [2.05, 4.69) is 4.98 Å². The van der Waals surface area contributed by atoms with Crippen LogP contribution in [0.2, 0.25) is 0 Å². The van der Waals surface area contributed by atoms with Gasteiger partial charge < -0.3 is 5.73 Å². The smallest absolute Gasteiger partial charge is 0.123 e. The Kier molecular flexibility index (Phi) is 3.43. The lowest BCUT2D eigenvalue weighted by Gasteiger charge is -2.27. The molecule has 1 aromatic heterocycles. The van der Waals surface area contributed by atoms with Gasteiger partial charge in [-0.2, -0.15) is 0 Å². The van der Waals surface area contributed by atoms with Gasteiger partial charge in [0.25, 0.3) is 0 Å². The van der Waals surface area contributed by atoms with Gasteiger partial charge in [0.1, 0.15) is 5.82 Å². The van der Waals surface area contributed by atoms with Gasteiger partial charge >= 0.3 is 0 Å². The number of pyridine rings is 1. The summed E-state index contributed by atoms with van der Waals surface area (Å²) >= 11 is 0. The van der Waals surface area contributed by atoms with E-state index in [4.69, 9.17) is 5.73 Å². The molecule has 2 aromatic carbocycles. The minimum atomic E-state index is -0.575. The quantitative estimate of drug-likeness (QED) is 0.792. The van der Waals surface area contributed by atoms with Crippen molar-refractivity contribution in [1.29, 1.82) is 0 Å². The zero-order valence-corrected chi connectivity index (χ0v) is 11.9. The molecule has 0 spiro atoms. The highest BCUT2D eigenvalue weighted by Crippen LogP contribution is 2.29. The molecule has 0 bridgehead atoms. The van der Waals surface area contributed by atoms with Crippen LogP contribution in [0.25, 0.3) is 10.8 Å². The SMILES string of the molecule is CC(N)(Cc1cccc(F)c1)c1cccc2cnccc12. The third kappa shape index (κ3) is 2.78. The van der Waals surface area contributed by atoms with Crippen molar-refractivity contribution in [3.8, 4) is 0 Å². The molecule has 2 nitrogen and oxygen atoms in total. The van der Waals surface area contributed by atoms with Gasteiger partial charge in [-0.05, 0) is 48.1 Å². The monoisotopic (exact) mass is 280 g/mol. The lowest BCUT2D eigenvalue weighted by atomic mass is 9.84. The van der Waals surface area contributed by atoms with Crippen molar-refractivity contribution in [3.63, 3.8) is 0 Å². The molecule has 0 aliphatic heterocycles. The molecule has 0 aliphatic rings. The lowest BCUT2D eigenvalue weighted by Crippen LogP contribution is -2.35. The Bertz CT molecular complexity index is 776. The molecular formula is C18H17FN2. The second-order valence-corrected chi connectivity index (χ2v) is 5.63. The van der Waals surface area contributed by atoms with Crippen molar-refractivity contribution in [2.45, 2.75) is 18.9 Å². The van der Waals surface area contributed by atoms with Gasteiger partial charge in [-0.1, -0.05) is 30.3 Å². The molecule has 3 aromatic rings. The van der Waals surface area contributed by atoms with Gasteiger partial charge in [-0.3, -0.25) is 4.98 Å². The molecule has 0 aliphatic carbocycles.